The van der Waals surface area contributed by atoms with Crippen molar-refractivity contribution in [2.24, 2.45) is 0 Å². The minimum atomic E-state index is -1.69. The van der Waals surface area contributed by atoms with Crippen LogP contribution in [0.15, 0.2) is 0 Å². The van der Waals surface area contributed by atoms with Gasteiger partial charge in [-0.05, 0) is 18.1 Å². The fraction of sp³-hybridized carbons (Fsp3) is 1.00. The first-order valence-corrected chi connectivity index (χ1v) is 8.76. The van der Waals surface area contributed by atoms with Crippen molar-refractivity contribution >= 4 is 8.32 Å². The Morgan fingerprint density at radius 2 is 2.00 bits per heavy atom. The van der Waals surface area contributed by atoms with Crippen molar-refractivity contribution in [2.45, 2.75) is 57.7 Å². The second-order valence-corrected chi connectivity index (χ2v) is 10.9. The zero-order valence-electron chi connectivity index (χ0n) is 11.3. The average Bonchev–Trinajstić information content (AvgIpc) is 2.39. The monoisotopic (exact) mass is 247 g/mol. The Bertz CT molecular complexity index is 240. The SMILES string of the molecule is CN1OC(O)C[C@@H]1CO[Si](C)(C)C(C)(C)C. The van der Waals surface area contributed by atoms with E-state index in [4.69, 9.17) is 9.26 Å². The highest BCUT2D eigenvalue weighted by atomic mass is 28.4. The molecule has 5 heteroatoms. The van der Waals surface area contributed by atoms with Crippen LogP contribution in [0, 0.1) is 0 Å². The van der Waals surface area contributed by atoms with E-state index in [2.05, 4.69) is 33.9 Å². The average molecular weight is 247 g/mol. The molecule has 1 fully saturated rings. The molecule has 1 unspecified atom stereocenters. The number of likely N-dealkylation sites (N-methyl/N-ethyl adjacent to an activating group) is 1. The fourth-order valence-corrected chi connectivity index (χ4v) is 2.44. The molecule has 0 aliphatic carbocycles. The van der Waals surface area contributed by atoms with Crippen molar-refractivity contribution in [3.63, 3.8) is 0 Å². The number of rotatable bonds is 3. The molecular weight excluding hydrogens is 222 g/mol. The van der Waals surface area contributed by atoms with E-state index in [1.807, 2.05) is 7.05 Å². The third-order valence-corrected chi connectivity index (χ3v) is 8.22. The van der Waals surface area contributed by atoms with Gasteiger partial charge < -0.3 is 9.53 Å². The van der Waals surface area contributed by atoms with Crippen molar-refractivity contribution in [3.05, 3.63) is 0 Å². The summed E-state index contributed by atoms with van der Waals surface area (Å²) in [6, 6.07) is 0.170. The van der Waals surface area contributed by atoms with E-state index in [9.17, 15) is 5.11 Å². The van der Waals surface area contributed by atoms with Gasteiger partial charge in [-0.15, -0.1) is 0 Å². The van der Waals surface area contributed by atoms with Crippen LogP contribution in [0.2, 0.25) is 18.1 Å². The van der Waals surface area contributed by atoms with Gasteiger partial charge in [0.25, 0.3) is 0 Å². The van der Waals surface area contributed by atoms with Crippen molar-refractivity contribution in [3.8, 4) is 0 Å². The summed E-state index contributed by atoms with van der Waals surface area (Å²) in [7, 11) is 0.155. The van der Waals surface area contributed by atoms with Crippen LogP contribution in [0.4, 0.5) is 0 Å². The molecule has 0 aromatic heterocycles. The van der Waals surface area contributed by atoms with Gasteiger partial charge in [0.1, 0.15) is 0 Å². The summed E-state index contributed by atoms with van der Waals surface area (Å²) in [6.45, 7) is 11.8. The molecule has 0 saturated carbocycles. The Hall–Kier alpha value is 0.0569. The smallest absolute Gasteiger partial charge is 0.192 e. The number of nitrogens with zero attached hydrogens (tertiary/aromatic N) is 1. The van der Waals surface area contributed by atoms with Crippen LogP contribution in [0.3, 0.4) is 0 Å². The van der Waals surface area contributed by atoms with Crippen LogP contribution < -0.4 is 0 Å². The number of aliphatic hydroxyl groups is 1. The lowest BCUT2D eigenvalue weighted by Crippen LogP contribution is -2.44. The van der Waals surface area contributed by atoms with Crippen molar-refractivity contribution in [1.82, 2.24) is 5.06 Å². The summed E-state index contributed by atoms with van der Waals surface area (Å²) in [4.78, 5) is 5.15. The molecule has 1 saturated heterocycles. The molecule has 0 aromatic carbocycles. The van der Waals surface area contributed by atoms with E-state index >= 15 is 0 Å². The molecule has 2 atom stereocenters. The minimum absolute atomic E-state index is 0.170. The molecule has 0 aromatic rings. The van der Waals surface area contributed by atoms with E-state index < -0.39 is 14.6 Å². The zero-order valence-corrected chi connectivity index (χ0v) is 12.3. The lowest BCUT2D eigenvalue weighted by Gasteiger charge is -2.37. The predicted molar refractivity (Wildman–Crippen MR) is 66.4 cm³/mol. The maximum absolute atomic E-state index is 9.35. The van der Waals surface area contributed by atoms with Gasteiger partial charge >= 0.3 is 0 Å². The molecule has 1 rings (SSSR count). The third-order valence-electron chi connectivity index (χ3n) is 3.72. The van der Waals surface area contributed by atoms with Crippen LogP contribution in [-0.4, -0.2) is 44.5 Å². The predicted octanol–water partition coefficient (Wildman–Crippen LogP) is 1.96. The van der Waals surface area contributed by atoms with Crippen LogP contribution in [0.1, 0.15) is 27.2 Å². The molecular formula is C11H25NO3Si. The van der Waals surface area contributed by atoms with Gasteiger partial charge in [-0.3, -0.25) is 4.84 Å². The van der Waals surface area contributed by atoms with Gasteiger partial charge in [-0.2, -0.15) is 5.06 Å². The topological polar surface area (TPSA) is 41.9 Å². The van der Waals surface area contributed by atoms with Gasteiger partial charge in [0.15, 0.2) is 14.6 Å². The molecule has 1 N–H and O–H groups in total. The van der Waals surface area contributed by atoms with Crippen molar-refractivity contribution in [1.29, 1.82) is 0 Å². The highest BCUT2D eigenvalue weighted by Crippen LogP contribution is 2.37. The van der Waals surface area contributed by atoms with Crippen LogP contribution in [0.5, 0.6) is 0 Å². The maximum atomic E-state index is 9.35. The number of aliphatic hydroxyl groups excluding tert-OH is 1. The van der Waals surface area contributed by atoms with E-state index in [1.165, 1.54) is 0 Å². The zero-order chi connectivity index (χ0) is 12.6. The number of hydrogen-bond acceptors (Lipinski definition) is 4. The van der Waals surface area contributed by atoms with Crippen molar-refractivity contribution < 1.29 is 14.4 Å². The fourth-order valence-electron chi connectivity index (χ4n) is 1.40. The van der Waals surface area contributed by atoms with Gasteiger partial charge in [0.2, 0.25) is 0 Å². The van der Waals surface area contributed by atoms with Crippen LogP contribution >= 0.6 is 0 Å². The molecule has 1 aliphatic heterocycles. The van der Waals surface area contributed by atoms with E-state index in [1.54, 1.807) is 5.06 Å². The lowest BCUT2D eigenvalue weighted by molar-refractivity contribution is -0.209. The molecule has 0 radical (unpaired) electrons. The van der Waals surface area contributed by atoms with E-state index in [-0.39, 0.29) is 11.1 Å². The summed E-state index contributed by atoms with van der Waals surface area (Å²) in [6.07, 6.45) is -0.0384. The van der Waals surface area contributed by atoms with E-state index in [0.717, 1.165) is 0 Å². The summed E-state index contributed by atoms with van der Waals surface area (Å²) < 4.78 is 6.10. The first-order chi connectivity index (χ1) is 7.13. The molecule has 96 valence electrons. The first kappa shape index (κ1) is 14.1. The molecule has 4 nitrogen and oxygen atoms in total. The van der Waals surface area contributed by atoms with Crippen molar-refractivity contribution in [2.75, 3.05) is 13.7 Å². The summed E-state index contributed by atoms with van der Waals surface area (Å²) >= 11 is 0. The largest absolute Gasteiger partial charge is 0.415 e. The Morgan fingerprint density at radius 1 is 1.44 bits per heavy atom. The summed E-state index contributed by atoms with van der Waals surface area (Å²) in [5, 5.41) is 11.3. The summed E-state index contributed by atoms with van der Waals surface area (Å²) in [5.41, 5.74) is 0. The molecule has 0 amide bonds. The molecule has 0 spiro atoms. The number of hydroxylamine groups is 2. The second kappa shape index (κ2) is 4.74. The Kier molecular flexibility index (Phi) is 4.18. The first-order valence-electron chi connectivity index (χ1n) is 5.85. The maximum Gasteiger partial charge on any atom is 0.192 e. The standard InChI is InChI=1S/C11H25NO3Si/c1-11(2,3)16(5,6)14-8-9-7-10(13)15-12(9)4/h9-10,13H,7-8H2,1-6H3/t9-,10?/m1/s1. The number of hydrogen-bond donors (Lipinski definition) is 1. The van der Waals surface area contributed by atoms with Gasteiger partial charge in [-0.25, -0.2) is 0 Å². The normalized spacial score (nSPS) is 28.7. The van der Waals surface area contributed by atoms with E-state index in [0.29, 0.717) is 13.0 Å². The Labute approximate surface area is 99.6 Å². The van der Waals surface area contributed by atoms with Gasteiger partial charge in [-0.1, -0.05) is 20.8 Å². The molecule has 16 heavy (non-hydrogen) atoms. The Morgan fingerprint density at radius 3 is 2.38 bits per heavy atom. The van der Waals surface area contributed by atoms with Crippen LogP contribution in [-0.2, 0) is 9.26 Å². The minimum Gasteiger partial charge on any atom is -0.415 e. The highest BCUT2D eigenvalue weighted by Gasteiger charge is 2.39. The highest BCUT2D eigenvalue weighted by molar-refractivity contribution is 6.74. The second-order valence-electron chi connectivity index (χ2n) is 6.07. The Balaban J connectivity index is 2.46. The third kappa shape index (κ3) is 3.27. The molecule has 0 bridgehead atoms. The van der Waals surface area contributed by atoms with Crippen LogP contribution in [0.25, 0.3) is 0 Å². The van der Waals surface area contributed by atoms with Gasteiger partial charge in [0, 0.05) is 13.5 Å². The van der Waals surface area contributed by atoms with Gasteiger partial charge in [0.05, 0.1) is 12.6 Å². The summed E-state index contributed by atoms with van der Waals surface area (Å²) in [5.74, 6) is 0. The lowest BCUT2D eigenvalue weighted by atomic mass is 10.2. The molecule has 1 heterocycles. The molecule has 1 aliphatic rings. The quantitative estimate of drug-likeness (QED) is 0.774.